The first-order valence-corrected chi connectivity index (χ1v) is 8.06. The molecule has 0 aromatic heterocycles. The maximum Gasteiger partial charge on any atom is 0.268 e. The van der Waals surface area contributed by atoms with Crippen LogP contribution in [0.1, 0.15) is 11.7 Å². The smallest absolute Gasteiger partial charge is 0.268 e. The number of likely N-dealkylation sites (tertiary alicyclic amines) is 1. The van der Waals surface area contributed by atoms with E-state index in [9.17, 15) is 14.0 Å². The summed E-state index contributed by atoms with van der Waals surface area (Å²) in [7, 11) is 1.58. The van der Waals surface area contributed by atoms with E-state index in [1.54, 1.807) is 30.1 Å². The van der Waals surface area contributed by atoms with Crippen LogP contribution in [-0.2, 0) is 9.59 Å². The lowest BCUT2D eigenvalue weighted by atomic mass is 9.97. The number of carbonyl (C=O) groups excluding carboxylic acids is 2. The van der Waals surface area contributed by atoms with Crippen molar-refractivity contribution in [2.24, 2.45) is 5.92 Å². The molecule has 1 heterocycles. The molecule has 1 atom stereocenters. The summed E-state index contributed by atoms with van der Waals surface area (Å²) in [5, 5.41) is 2.58. The lowest BCUT2D eigenvalue weighted by Crippen LogP contribution is -2.56. The van der Waals surface area contributed by atoms with Crippen molar-refractivity contribution in [1.29, 1.82) is 0 Å². The van der Waals surface area contributed by atoms with Gasteiger partial charge in [0.1, 0.15) is 11.6 Å². The molecule has 130 valence electrons. The topological polar surface area (TPSA) is 58.6 Å². The SMILES string of the molecule is CNC(=O)C1CN(C(=O)C(Oc2cccc(F)c2)c2ccccc2)C1. The van der Waals surface area contributed by atoms with Gasteiger partial charge in [-0.15, -0.1) is 0 Å². The van der Waals surface area contributed by atoms with Crippen LogP contribution in [0.5, 0.6) is 5.75 Å². The summed E-state index contributed by atoms with van der Waals surface area (Å²) >= 11 is 0. The van der Waals surface area contributed by atoms with E-state index in [1.807, 2.05) is 18.2 Å². The standard InChI is InChI=1S/C19H19FN2O3/c1-21-18(23)14-11-22(12-14)19(24)17(13-6-3-2-4-7-13)25-16-9-5-8-15(20)10-16/h2-10,14,17H,11-12H2,1H3,(H,21,23). The summed E-state index contributed by atoms with van der Waals surface area (Å²) in [6.07, 6.45) is -0.881. The molecule has 1 N–H and O–H groups in total. The zero-order valence-corrected chi connectivity index (χ0v) is 13.8. The average Bonchev–Trinajstić information content (AvgIpc) is 2.59. The van der Waals surface area contributed by atoms with Gasteiger partial charge >= 0.3 is 0 Å². The molecule has 1 saturated heterocycles. The third-order valence-corrected chi connectivity index (χ3v) is 4.19. The lowest BCUT2D eigenvalue weighted by molar-refractivity contribution is -0.149. The third-order valence-electron chi connectivity index (χ3n) is 4.19. The van der Waals surface area contributed by atoms with Crippen LogP contribution in [0.2, 0.25) is 0 Å². The van der Waals surface area contributed by atoms with Gasteiger partial charge < -0.3 is 15.0 Å². The minimum atomic E-state index is -0.881. The molecule has 1 aliphatic heterocycles. The highest BCUT2D eigenvalue weighted by Gasteiger charge is 2.39. The number of carbonyl (C=O) groups is 2. The number of benzene rings is 2. The minimum Gasteiger partial charge on any atom is -0.476 e. The lowest BCUT2D eigenvalue weighted by Gasteiger charge is -2.39. The Labute approximate surface area is 145 Å². The van der Waals surface area contributed by atoms with Gasteiger partial charge in [-0.2, -0.15) is 0 Å². The Bertz CT molecular complexity index is 760. The molecular weight excluding hydrogens is 323 g/mol. The first-order valence-electron chi connectivity index (χ1n) is 8.06. The Morgan fingerprint density at radius 1 is 1.16 bits per heavy atom. The predicted molar refractivity (Wildman–Crippen MR) is 90.3 cm³/mol. The van der Waals surface area contributed by atoms with Gasteiger partial charge in [0.2, 0.25) is 12.0 Å². The van der Waals surface area contributed by atoms with Crippen molar-refractivity contribution in [1.82, 2.24) is 10.2 Å². The fourth-order valence-corrected chi connectivity index (χ4v) is 2.76. The molecule has 2 aromatic rings. The van der Waals surface area contributed by atoms with E-state index in [2.05, 4.69) is 5.32 Å². The molecule has 0 spiro atoms. The van der Waals surface area contributed by atoms with Crippen molar-refractivity contribution in [3.05, 3.63) is 66.0 Å². The van der Waals surface area contributed by atoms with Gasteiger partial charge in [-0.05, 0) is 12.1 Å². The summed E-state index contributed by atoms with van der Waals surface area (Å²) in [6, 6.07) is 14.7. The Morgan fingerprint density at radius 3 is 2.52 bits per heavy atom. The molecular formula is C19H19FN2O3. The molecule has 0 radical (unpaired) electrons. The second-order valence-corrected chi connectivity index (χ2v) is 5.92. The monoisotopic (exact) mass is 342 g/mol. The Hall–Kier alpha value is -2.89. The maximum absolute atomic E-state index is 13.4. The van der Waals surface area contributed by atoms with E-state index in [4.69, 9.17) is 4.74 Å². The van der Waals surface area contributed by atoms with Crippen LogP contribution in [0.3, 0.4) is 0 Å². The summed E-state index contributed by atoms with van der Waals surface area (Å²) in [6.45, 7) is 0.711. The Morgan fingerprint density at radius 2 is 1.88 bits per heavy atom. The van der Waals surface area contributed by atoms with Crippen molar-refractivity contribution in [2.75, 3.05) is 20.1 Å². The number of nitrogens with one attached hydrogen (secondary N) is 1. The van der Waals surface area contributed by atoms with E-state index in [1.165, 1.54) is 18.2 Å². The minimum absolute atomic E-state index is 0.0774. The first kappa shape index (κ1) is 17.0. The van der Waals surface area contributed by atoms with E-state index < -0.39 is 11.9 Å². The van der Waals surface area contributed by atoms with Gasteiger partial charge in [0, 0.05) is 31.8 Å². The van der Waals surface area contributed by atoms with Gasteiger partial charge in [-0.1, -0.05) is 36.4 Å². The van der Waals surface area contributed by atoms with E-state index in [-0.39, 0.29) is 23.5 Å². The van der Waals surface area contributed by atoms with Crippen LogP contribution in [0.15, 0.2) is 54.6 Å². The zero-order chi connectivity index (χ0) is 17.8. The highest BCUT2D eigenvalue weighted by Crippen LogP contribution is 2.27. The molecule has 0 aliphatic carbocycles. The first-order chi connectivity index (χ1) is 12.1. The number of nitrogens with zero attached hydrogens (tertiary/aromatic N) is 1. The number of hydrogen-bond donors (Lipinski definition) is 1. The Kier molecular flexibility index (Phi) is 4.97. The Balaban J connectivity index is 1.78. The second kappa shape index (κ2) is 7.34. The molecule has 0 bridgehead atoms. The highest BCUT2D eigenvalue weighted by atomic mass is 19.1. The van der Waals surface area contributed by atoms with Crippen LogP contribution in [0.4, 0.5) is 4.39 Å². The van der Waals surface area contributed by atoms with Crippen molar-refractivity contribution in [3.63, 3.8) is 0 Å². The van der Waals surface area contributed by atoms with Crippen molar-refractivity contribution in [2.45, 2.75) is 6.10 Å². The number of hydrogen-bond acceptors (Lipinski definition) is 3. The second-order valence-electron chi connectivity index (χ2n) is 5.92. The van der Waals surface area contributed by atoms with Gasteiger partial charge in [0.05, 0.1) is 5.92 Å². The van der Waals surface area contributed by atoms with E-state index in [0.29, 0.717) is 18.7 Å². The molecule has 6 heteroatoms. The summed E-state index contributed by atoms with van der Waals surface area (Å²) in [5.74, 6) is -0.660. The maximum atomic E-state index is 13.4. The number of halogens is 1. The molecule has 0 saturated carbocycles. The summed E-state index contributed by atoms with van der Waals surface area (Å²) < 4.78 is 19.2. The molecule has 5 nitrogen and oxygen atoms in total. The van der Waals surface area contributed by atoms with Crippen LogP contribution in [0, 0.1) is 11.7 Å². The molecule has 1 aliphatic rings. The number of rotatable bonds is 5. The average molecular weight is 342 g/mol. The molecule has 2 amide bonds. The summed E-state index contributed by atoms with van der Waals surface area (Å²) in [4.78, 5) is 26.0. The third kappa shape index (κ3) is 3.79. The van der Waals surface area contributed by atoms with Crippen molar-refractivity contribution < 1.29 is 18.7 Å². The zero-order valence-electron chi connectivity index (χ0n) is 13.8. The number of ether oxygens (including phenoxy) is 1. The van der Waals surface area contributed by atoms with Gasteiger partial charge in [0.25, 0.3) is 5.91 Å². The molecule has 25 heavy (non-hydrogen) atoms. The summed E-state index contributed by atoms with van der Waals surface area (Å²) in [5.41, 5.74) is 0.681. The van der Waals surface area contributed by atoms with Crippen LogP contribution < -0.4 is 10.1 Å². The molecule has 3 rings (SSSR count). The largest absolute Gasteiger partial charge is 0.476 e. The molecule has 1 fully saturated rings. The van der Waals surface area contributed by atoms with E-state index in [0.717, 1.165) is 0 Å². The van der Waals surface area contributed by atoms with Crippen molar-refractivity contribution >= 4 is 11.8 Å². The van der Waals surface area contributed by atoms with Gasteiger partial charge in [-0.3, -0.25) is 9.59 Å². The predicted octanol–water partition coefficient (Wildman–Crippen LogP) is 2.15. The van der Waals surface area contributed by atoms with Crippen LogP contribution in [-0.4, -0.2) is 36.9 Å². The molecule has 1 unspecified atom stereocenters. The van der Waals surface area contributed by atoms with Gasteiger partial charge in [0.15, 0.2) is 0 Å². The van der Waals surface area contributed by atoms with Gasteiger partial charge in [-0.25, -0.2) is 4.39 Å². The van der Waals surface area contributed by atoms with Crippen LogP contribution >= 0.6 is 0 Å². The number of amides is 2. The quantitative estimate of drug-likeness (QED) is 0.906. The van der Waals surface area contributed by atoms with E-state index >= 15 is 0 Å². The fourth-order valence-electron chi connectivity index (χ4n) is 2.76. The van der Waals surface area contributed by atoms with Crippen LogP contribution in [0.25, 0.3) is 0 Å². The fraction of sp³-hybridized carbons (Fsp3) is 0.263. The molecule has 2 aromatic carbocycles. The normalized spacial score (nSPS) is 15.2. The van der Waals surface area contributed by atoms with Crippen molar-refractivity contribution in [3.8, 4) is 5.75 Å². The highest BCUT2D eigenvalue weighted by molar-refractivity contribution is 5.87.